The number of amides is 1. The lowest BCUT2D eigenvalue weighted by molar-refractivity contribution is 0.0979. The summed E-state index contributed by atoms with van der Waals surface area (Å²) in [5.74, 6) is 0.212. The molecule has 5 nitrogen and oxygen atoms in total. The molecule has 0 aliphatic rings. The Kier molecular flexibility index (Phi) is 3.97. The first kappa shape index (κ1) is 15.8. The normalized spacial score (nSPS) is 11.5. The number of benzene rings is 1. The van der Waals surface area contributed by atoms with Gasteiger partial charge in [0.25, 0.3) is 5.91 Å². The van der Waals surface area contributed by atoms with E-state index in [9.17, 15) is 4.79 Å². The number of pyridine rings is 1. The molecule has 0 bridgehead atoms. The number of anilines is 1. The van der Waals surface area contributed by atoms with Crippen LogP contribution >= 0.6 is 11.3 Å². The molecular weight excluding hydrogens is 332 g/mol. The van der Waals surface area contributed by atoms with Gasteiger partial charge in [-0.15, -0.1) is 0 Å². The Morgan fingerprint density at radius 2 is 1.96 bits per heavy atom. The van der Waals surface area contributed by atoms with Crippen molar-refractivity contribution in [3.8, 4) is 0 Å². The van der Waals surface area contributed by atoms with E-state index in [0.717, 1.165) is 21.0 Å². The summed E-state index contributed by atoms with van der Waals surface area (Å²) >= 11 is 1.54. The molecule has 0 atom stereocenters. The molecule has 126 valence electrons. The Morgan fingerprint density at radius 3 is 2.72 bits per heavy atom. The molecular formula is C19H18N4OS. The minimum atomic E-state index is -0.114. The topological polar surface area (TPSA) is 50.5 Å². The van der Waals surface area contributed by atoms with Gasteiger partial charge in [-0.25, -0.2) is 9.97 Å². The number of nitrogens with zero attached hydrogens (tertiary/aromatic N) is 4. The summed E-state index contributed by atoms with van der Waals surface area (Å²) < 4.78 is 2.94. The van der Waals surface area contributed by atoms with E-state index in [1.54, 1.807) is 11.1 Å². The van der Waals surface area contributed by atoms with E-state index >= 15 is 0 Å². The Hall–Kier alpha value is -2.73. The molecule has 0 unspecified atom stereocenters. The van der Waals surface area contributed by atoms with Crippen LogP contribution in [0.25, 0.3) is 15.9 Å². The monoisotopic (exact) mass is 350 g/mol. The largest absolute Gasteiger partial charge is 0.306 e. The molecule has 3 aromatic heterocycles. The van der Waals surface area contributed by atoms with Crippen molar-refractivity contribution < 1.29 is 4.79 Å². The maximum Gasteiger partial charge on any atom is 0.280 e. The predicted molar refractivity (Wildman–Crippen MR) is 101 cm³/mol. The minimum Gasteiger partial charge on any atom is -0.306 e. The average molecular weight is 350 g/mol. The lowest BCUT2D eigenvalue weighted by atomic mass is 10.2. The number of carbonyl (C=O) groups is 1. The molecule has 1 amide bonds. The second-order valence-corrected chi connectivity index (χ2v) is 7.38. The number of para-hydroxylation sites is 1. The van der Waals surface area contributed by atoms with Gasteiger partial charge in [0.15, 0.2) is 5.13 Å². The molecule has 0 aliphatic carbocycles. The lowest BCUT2D eigenvalue weighted by Crippen LogP contribution is -2.34. The standard InChI is InChI=1S/C19H18N4OS/c1-13(2)11-23(19-21-14-7-3-4-8-16(14)25-19)18(24)15-12-22-10-6-5-9-17(22)20-15/h3-10,12-13H,11H2,1-2H3. The first-order valence-electron chi connectivity index (χ1n) is 8.23. The number of rotatable bonds is 4. The Morgan fingerprint density at radius 1 is 1.16 bits per heavy atom. The number of fused-ring (bicyclic) bond motifs is 2. The number of hydrogen-bond donors (Lipinski definition) is 0. The van der Waals surface area contributed by atoms with E-state index in [4.69, 9.17) is 0 Å². The first-order valence-corrected chi connectivity index (χ1v) is 9.04. The van der Waals surface area contributed by atoms with Crippen molar-refractivity contribution >= 4 is 38.2 Å². The van der Waals surface area contributed by atoms with Gasteiger partial charge < -0.3 is 4.40 Å². The summed E-state index contributed by atoms with van der Waals surface area (Å²) in [6.07, 6.45) is 3.67. The van der Waals surface area contributed by atoms with E-state index in [1.807, 2.05) is 53.1 Å². The highest BCUT2D eigenvalue weighted by molar-refractivity contribution is 7.22. The first-order chi connectivity index (χ1) is 12.1. The summed E-state index contributed by atoms with van der Waals surface area (Å²) in [7, 11) is 0. The van der Waals surface area contributed by atoms with Crippen LogP contribution in [0.1, 0.15) is 24.3 Å². The molecule has 3 heterocycles. The third-order valence-electron chi connectivity index (χ3n) is 3.89. The molecule has 4 aromatic rings. The van der Waals surface area contributed by atoms with E-state index < -0.39 is 0 Å². The van der Waals surface area contributed by atoms with E-state index in [-0.39, 0.29) is 5.91 Å². The van der Waals surface area contributed by atoms with Crippen molar-refractivity contribution in [1.29, 1.82) is 0 Å². The third-order valence-corrected chi connectivity index (χ3v) is 4.95. The van der Waals surface area contributed by atoms with Gasteiger partial charge >= 0.3 is 0 Å². The fourth-order valence-corrected chi connectivity index (χ4v) is 3.74. The molecule has 0 spiro atoms. The van der Waals surface area contributed by atoms with E-state index in [1.165, 1.54) is 11.3 Å². The predicted octanol–water partition coefficient (Wildman–Crippen LogP) is 4.25. The summed E-state index contributed by atoms with van der Waals surface area (Å²) in [5, 5.41) is 0.719. The number of hydrogen-bond acceptors (Lipinski definition) is 4. The molecule has 0 aliphatic heterocycles. The number of imidazole rings is 1. The van der Waals surface area contributed by atoms with Crippen molar-refractivity contribution in [3.05, 3.63) is 60.6 Å². The fourth-order valence-electron chi connectivity index (χ4n) is 2.76. The smallest absolute Gasteiger partial charge is 0.280 e. The molecule has 1 aromatic carbocycles. The zero-order chi connectivity index (χ0) is 17.4. The van der Waals surface area contributed by atoms with Crippen LogP contribution in [-0.4, -0.2) is 26.8 Å². The average Bonchev–Trinajstić information content (AvgIpc) is 3.22. The lowest BCUT2D eigenvalue weighted by Gasteiger charge is -2.20. The van der Waals surface area contributed by atoms with Crippen LogP contribution < -0.4 is 4.90 Å². The van der Waals surface area contributed by atoms with Crippen LogP contribution in [0.5, 0.6) is 0 Å². The molecule has 6 heteroatoms. The highest BCUT2D eigenvalue weighted by Crippen LogP contribution is 2.30. The molecule has 0 N–H and O–H groups in total. The molecule has 25 heavy (non-hydrogen) atoms. The molecule has 0 radical (unpaired) electrons. The Balaban J connectivity index is 1.76. The third kappa shape index (κ3) is 3.00. The van der Waals surface area contributed by atoms with E-state index in [2.05, 4.69) is 23.8 Å². The zero-order valence-electron chi connectivity index (χ0n) is 14.1. The van der Waals surface area contributed by atoms with Crippen molar-refractivity contribution in [3.63, 3.8) is 0 Å². The van der Waals surface area contributed by atoms with Crippen molar-refractivity contribution in [2.45, 2.75) is 13.8 Å². The molecule has 4 rings (SSSR count). The van der Waals surface area contributed by atoms with Crippen LogP contribution in [0.2, 0.25) is 0 Å². The van der Waals surface area contributed by atoms with Gasteiger partial charge in [0.2, 0.25) is 0 Å². The highest BCUT2D eigenvalue weighted by Gasteiger charge is 2.24. The summed E-state index contributed by atoms with van der Waals surface area (Å²) in [5.41, 5.74) is 2.12. The fraction of sp³-hybridized carbons (Fsp3) is 0.211. The van der Waals surface area contributed by atoms with Gasteiger partial charge in [0.05, 0.1) is 10.2 Å². The second kappa shape index (κ2) is 6.29. The van der Waals surface area contributed by atoms with Crippen molar-refractivity contribution in [2.75, 3.05) is 11.4 Å². The molecule has 0 fully saturated rings. The van der Waals surface area contributed by atoms with Crippen LogP contribution in [0, 0.1) is 5.92 Å². The van der Waals surface area contributed by atoms with E-state index in [0.29, 0.717) is 18.2 Å². The highest BCUT2D eigenvalue weighted by atomic mass is 32.1. The van der Waals surface area contributed by atoms with Crippen LogP contribution in [-0.2, 0) is 0 Å². The van der Waals surface area contributed by atoms with Crippen molar-refractivity contribution in [1.82, 2.24) is 14.4 Å². The van der Waals surface area contributed by atoms with Gasteiger partial charge in [-0.1, -0.05) is 43.4 Å². The van der Waals surface area contributed by atoms with Gasteiger partial charge in [0.1, 0.15) is 11.3 Å². The molecule has 0 saturated carbocycles. The summed E-state index contributed by atoms with van der Waals surface area (Å²) in [6.45, 7) is 4.79. The summed E-state index contributed by atoms with van der Waals surface area (Å²) in [6, 6.07) is 13.7. The maximum atomic E-state index is 13.1. The molecule has 0 saturated heterocycles. The minimum absolute atomic E-state index is 0.114. The Bertz CT molecular complexity index is 984. The van der Waals surface area contributed by atoms with Gasteiger partial charge in [-0.05, 0) is 30.2 Å². The number of thiazole rings is 1. The second-order valence-electron chi connectivity index (χ2n) is 6.37. The van der Waals surface area contributed by atoms with Gasteiger partial charge in [-0.2, -0.15) is 0 Å². The van der Waals surface area contributed by atoms with Crippen LogP contribution in [0.3, 0.4) is 0 Å². The van der Waals surface area contributed by atoms with Crippen molar-refractivity contribution in [2.24, 2.45) is 5.92 Å². The van der Waals surface area contributed by atoms with Crippen LogP contribution in [0.4, 0.5) is 5.13 Å². The number of carbonyl (C=O) groups excluding carboxylic acids is 1. The quantitative estimate of drug-likeness (QED) is 0.553. The Labute approximate surface area is 149 Å². The van der Waals surface area contributed by atoms with Crippen LogP contribution in [0.15, 0.2) is 54.9 Å². The maximum absolute atomic E-state index is 13.1. The number of aromatic nitrogens is 3. The van der Waals surface area contributed by atoms with Gasteiger partial charge in [0, 0.05) is 18.9 Å². The zero-order valence-corrected chi connectivity index (χ0v) is 14.9. The summed E-state index contributed by atoms with van der Waals surface area (Å²) in [4.78, 5) is 24.0. The van der Waals surface area contributed by atoms with Gasteiger partial charge in [-0.3, -0.25) is 9.69 Å². The SMILES string of the molecule is CC(C)CN(C(=O)c1cn2ccccc2n1)c1nc2ccccc2s1.